The first kappa shape index (κ1) is 26.2. The number of aliphatic hydroxyl groups is 1. The fourth-order valence-electron chi connectivity index (χ4n) is 2.76. The Labute approximate surface area is 192 Å². The molecular formula is C19H28Br2N2O5S. The fraction of sp³-hybridized carbons (Fsp3) is 0.632. The van der Waals surface area contributed by atoms with Gasteiger partial charge in [-0.05, 0) is 36.8 Å². The van der Waals surface area contributed by atoms with Gasteiger partial charge in [0.15, 0.2) is 6.10 Å². The summed E-state index contributed by atoms with van der Waals surface area (Å²) in [5.41, 5.74) is 0. The molecule has 1 rings (SSSR count). The highest BCUT2D eigenvalue weighted by Crippen LogP contribution is 2.36. The van der Waals surface area contributed by atoms with Crippen molar-refractivity contribution in [3.8, 4) is 0 Å². The molecule has 10 heteroatoms. The first-order valence-corrected chi connectivity index (χ1v) is 12.2. The zero-order valence-corrected chi connectivity index (χ0v) is 20.7. The normalized spacial score (nSPS) is 23.1. The lowest BCUT2D eigenvalue weighted by Gasteiger charge is -2.34. The Kier molecular flexibility index (Phi) is 11.5. The summed E-state index contributed by atoms with van der Waals surface area (Å²) in [6.07, 6.45) is 7.62. The van der Waals surface area contributed by atoms with E-state index < -0.39 is 34.4 Å². The van der Waals surface area contributed by atoms with Crippen molar-refractivity contribution in [1.29, 1.82) is 0 Å². The molecule has 0 saturated carbocycles. The van der Waals surface area contributed by atoms with E-state index in [-0.39, 0.29) is 12.5 Å². The second-order valence-electron chi connectivity index (χ2n) is 7.12. The second kappa shape index (κ2) is 12.8. The number of hydrogen-bond acceptors (Lipinski definition) is 6. The number of rotatable bonds is 12. The number of carbonyl (C=O) groups excluding carboxylic acids is 3. The first-order chi connectivity index (χ1) is 13.7. The van der Waals surface area contributed by atoms with Crippen LogP contribution in [0.4, 0.5) is 0 Å². The highest BCUT2D eigenvalue weighted by Gasteiger charge is 2.41. The van der Waals surface area contributed by atoms with Crippen molar-refractivity contribution in [3.63, 3.8) is 0 Å². The first-order valence-electron chi connectivity index (χ1n) is 9.22. The highest BCUT2D eigenvalue weighted by atomic mass is 79.9. The van der Waals surface area contributed by atoms with E-state index >= 15 is 0 Å². The van der Waals surface area contributed by atoms with Crippen molar-refractivity contribution in [1.82, 2.24) is 10.6 Å². The molecule has 0 saturated heterocycles. The van der Waals surface area contributed by atoms with Gasteiger partial charge in [0.1, 0.15) is 16.4 Å². The van der Waals surface area contributed by atoms with Crippen LogP contribution in [0.1, 0.15) is 26.7 Å². The number of thioether (sulfide) groups is 1. The van der Waals surface area contributed by atoms with Crippen LogP contribution in [-0.2, 0) is 19.1 Å². The Balaban J connectivity index is 2.94. The summed E-state index contributed by atoms with van der Waals surface area (Å²) in [5.74, 6) is -0.232. The molecule has 0 aromatic rings. The molecule has 0 heterocycles. The second-order valence-corrected chi connectivity index (χ2v) is 10.5. The van der Waals surface area contributed by atoms with Crippen molar-refractivity contribution in [2.75, 3.05) is 18.6 Å². The molecule has 3 N–H and O–H groups in total. The van der Waals surface area contributed by atoms with E-state index in [2.05, 4.69) is 42.5 Å². The van der Waals surface area contributed by atoms with Crippen LogP contribution in [0.5, 0.6) is 0 Å². The van der Waals surface area contributed by atoms with Crippen molar-refractivity contribution in [2.45, 2.75) is 49.2 Å². The maximum atomic E-state index is 12.9. The molecular weight excluding hydrogens is 528 g/mol. The van der Waals surface area contributed by atoms with Gasteiger partial charge in [0.05, 0.1) is 6.61 Å². The SMILES string of the molecule is CSCCC(NC=O)C(=O)NC(CC(C)C)C(=O)OC1C(Br)=CC=CC1(Br)CO. The van der Waals surface area contributed by atoms with Gasteiger partial charge in [0, 0.05) is 4.48 Å². The summed E-state index contributed by atoms with van der Waals surface area (Å²) in [6.45, 7) is 3.58. The number of aliphatic hydroxyl groups excluding tert-OH is 1. The van der Waals surface area contributed by atoms with Crippen molar-refractivity contribution < 1.29 is 24.2 Å². The minimum Gasteiger partial charge on any atom is -0.453 e. The molecule has 7 nitrogen and oxygen atoms in total. The number of carbonyl (C=O) groups is 3. The summed E-state index contributed by atoms with van der Waals surface area (Å²) >= 11 is 8.37. The van der Waals surface area contributed by atoms with Gasteiger partial charge in [0.25, 0.3) is 0 Å². The van der Waals surface area contributed by atoms with Gasteiger partial charge in [-0.2, -0.15) is 11.8 Å². The van der Waals surface area contributed by atoms with Gasteiger partial charge in [-0.3, -0.25) is 9.59 Å². The quantitative estimate of drug-likeness (QED) is 0.194. The van der Waals surface area contributed by atoms with Crippen LogP contribution < -0.4 is 10.6 Å². The molecule has 0 radical (unpaired) electrons. The average Bonchev–Trinajstić information content (AvgIpc) is 2.67. The van der Waals surface area contributed by atoms with Crippen LogP contribution in [0.15, 0.2) is 22.7 Å². The summed E-state index contributed by atoms with van der Waals surface area (Å²) in [4.78, 5) is 36.4. The number of ether oxygens (including phenoxy) is 1. The lowest BCUT2D eigenvalue weighted by molar-refractivity contribution is -0.153. The lowest BCUT2D eigenvalue weighted by Crippen LogP contribution is -2.52. The average molecular weight is 556 g/mol. The largest absolute Gasteiger partial charge is 0.453 e. The molecule has 0 spiro atoms. The molecule has 0 fully saturated rings. The van der Waals surface area contributed by atoms with Gasteiger partial charge in [-0.25, -0.2) is 4.79 Å². The molecule has 29 heavy (non-hydrogen) atoms. The minimum absolute atomic E-state index is 0.119. The van der Waals surface area contributed by atoms with Crippen LogP contribution in [0.3, 0.4) is 0 Å². The monoisotopic (exact) mass is 554 g/mol. The van der Waals surface area contributed by atoms with Gasteiger partial charge in [-0.1, -0.05) is 57.9 Å². The van der Waals surface area contributed by atoms with Crippen molar-refractivity contribution in [2.24, 2.45) is 5.92 Å². The Morgan fingerprint density at radius 3 is 2.66 bits per heavy atom. The van der Waals surface area contributed by atoms with Crippen LogP contribution in [0.25, 0.3) is 0 Å². The number of amides is 2. The van der Waals surface area contributed by atoms with Gasteiger partial charge in [0.2, 0.25) is 12.3 Å². The molecule has 2 amide bonds. The van der Waals surface area contributed by atoms with E-state index in [1.807, 2.05) is 20.1 Å². The predicted molar refractivity (Wildman–Crippen MR) is 122 cm³/mol. The van der Waals surface area contributed by atoms with Crippen LogP contribution >= 0.6 is 43.6 Å². The number of hydrogen-bond donors (Lipinski definition) is 3. The van der Waals surface area contributed by atoms with E-state index in [0.717, 1.165) is 0 Å². The molecule has 4 unspecified atom stereocenters. The molecule has 1 aliphatic carbocycles. The van der Waals surface area contributed by atoms with Gasteiger partial charge >= 0.3 is 5.97 Å². The van der Waals surface area contributed by atoms with Crippen LogP contribution in [0, 0.1) is 5.92 Å². The lowest BCUT2D eigenvalue weighted by atomic mass is 9.97. The molecule has 0 aromatic carbocycles. The molecule has 164 valence electrons. The van der Waals surface area contributed by atoms with E-state index in [1.54, 1.807) is 30.0 Å². The fourth-order valence-corrected chi connectivity index (χ4v) is 4.68. The predicted octanol–water partition coefficient (Wildman–Crippen LogP) is 2.27. The zero-order chi connectivity index (χ0) is 22.0. The molecule has 1 aliphatic rings. The zero-order valence-electron chi connectivity index (χ0n) is 16.7. The number of allylic oxidation sites excluding steroid dienone is 2. The number of halogens is 2. The molecule has 0 aliphatic heterocycles. The van der Waals surface area contributed by atoms with Crippen LogP contribution in [-0.4, -0.2) is 64.5 Å². The Morgan fingerprint density at radius 2 is 2.10 bits per heavy atom. The smallest absolute Gasteiger partial charge is 0.329 e. The highest BCUT2D eigenvalue weighted by molar-refractivity contribution is 9.12. The molecule has 0 aromatic heterocycles. The Bertz CT molecular complexity index is 644. The van der Waals surface area contributed by atoms with E-state index in [0.29, 0.717) is 29.5 Å². The maximum absolute atomic E-state index is 12.9. The standard InChI is InChI=1S/C19H28Br2N2O5S/c1-12(2)9-15(23-17(26)14(22-11-25)6-8-29-3)18(27)28-16-13(20)5-4-7-19(16,21)10-24/h4-5,7,11-12,14-16,24H,6,8-10H2,1-3H3,(H,22,25)(H,23,26). The molecule has 4 atom stereocenters. The third kappa shape index (κ3) is 8.07. The minimum atomic E-state index is -0.956. The number of esters is 1. The van der Waals surface area contributed by atoms with Gasteiger partial charge in [-0.15, -0.1) is 0 Å². The number of nitrogens with one attached hydrogen (secondary N) is 2. The van der Waals surface area contributed by atoms with E-state index in [9.17, 15) is 19.5 Å². The summed E-state index contributed by atoms with van der Waals surface area (Å²) in [5, 5.41) is 15.0. The topological polar surface area (TPSA) is 105 Å². The molecule has 0 bridgehead atoms. The number of alkyl halides is 1. The van der Waals surface area contributed by atoms with Crippen LogP contribution in [0.2, 0.25) is 0 Å². The van der Waals surface area contributed by atoms with E-state index in [1.165, 1.54) is 0 Å². The van der Waals surface area contributed by atoms with E-state index in [4.69, 9.17) is 4.74 Å². The summed E-state index contributed by atoms with van der Waals surface area (Å²) in [7, 11) is 0. The third-order valence-corrected chi connectivity index (χ3v) is 6.55. The Hall–Kier alpha value is -0.840. The summed E-state index contributed by atoms with van der Waals surface area (Å²) in [6, 6.07) is -1.60. The third-order valence-electron chi connectivity index (χ3n) is 4.30. The van der Waals surface area contributed by atoms with Crippen molar-refractivity contribution >= 4 is 61.9 Å². The maximum Gasteiger partial charge on any atom is 0.329 e. The summed E-state index contributed by atoms with van der Waals surface area (Å²) < 4.78 is 5.31. The van der Waals surface area contributed by atoms with Crippen molar-refractivity contribution in [3.05, 3.63) is 22.7 Å². The Morgan fingerprint density at radius 1 is 1.41 bits per heavy atom. The van der Waals surface area contributed by atoms with Gasteiger partial charge < -0.3 is 20.5 Å².